The van der Waals surface area contributed by atoms with E-state index in [0.717, 1.165) is 25.7 Å². The van der Waals surface area contributed by atoms with E-state index >= 15 is 0 Å². The van der Waals surface area contributed by atoms with E-state index in [9.17, 15) is 9.59 Å². The molecule has 0 spiro atoms. The van der Waals surface area contributed by atoms with Gasteiger partial charge in [0.05, 0.1) is 0 Å². The Kier molecular flexibility index (Phi) is 17.9. The summed E-state index contributed by atoms with van der Waals surface area (Å²) >= 11 is 0. The molecule has 0 aromatic rings. The molecule has 0 aromatic carbocycles. The predicted octanol–water partition coefficient (Wildman–Crippen LogP) is 4.75. The van der Waals surface area contributed by atoms with Crippen LogP contribution < -0.4 is 0 Å². The molecule has 0 rings (SSSR count). The van der Waals surface area contributed by atoms with E-state index in [1.807, 2.05) is 0 Å². The van der Waals surface area contributed by atoms with Crippen LogP contribution in [0.5, 0.6) is 0 Å². The van der Waals surface area contributed by atoms with E-state index < -0.39 is 5.97 Å². The third-order valence-electron chi connectivity index (χ3n) is 2.75. The number of carbonyl (C=O) groups is 2. The Labute approximate surface area is 118 Å². The van der Waals surface area contributed by atoms with Gasteiger partial charge in [0.2, 0.25) is 0 Å². The molecule has 0 aromatic heterocycles. The van der Waals surface area contributed by atoms with Crippen molar-refractivity contribution in [2.75, 3.05) is 0 Å². The number of allylic oxidation sites excluding steroid dienone is 1. The second-order valence-corrected chi connectivity index (χ2v) is 4.69. The normalized spacial score (nSPS) is 9.37. The molecule has 0 unspecified atom stereocenters. The minimum Gasteiger partial charge on any atom is -0.481 e. The van der Waals surface area contributed by atoms with E-state index in [-0.39, 0.29) is 5.78 Å². The first-order valence-corrected chi connectivity index (χ1v) is 7.45. The van der Waals surface area contributed by atoms with Gasteiger partial charge in [-0.15, -0.1) is 0 Å². The van der Waals surface area contributed by atoms with E-state index in [2.05, 4.69) is 20.4 Å². The summed E-state index contributed by atoms with van der Waals surface area (Å²) in [7, 11) is 0. The highest BCUT2D eigenvalue weighted by Gasteiger charge is 1.94. The largest absolute Gasteiger partial charge is 0.481 e. The first-order valence-electron chi connectivity index (χ1n) is 7.45. The van der Waals surface area contributed by atoms with Crippen molar-refractivity contribution in [1.29, 1.82) is 0 Å². The molecule has 0 radical (unpaired) electrons. The fourth-order valence-corrected chi connectivity index (χ4v) is 1.53. The summed E-state index contributed by atoms with van der Waals surface area (Å²) in [6.07, 6.45) is 11.3. The zero-order valence-corrected chi connectivity index (χ0v) is 12.6. The Hall–Kier alpha value is -1.12. The molecule has 19 heavy (non-hydrogen) atoms. The third kappa shape index (κ3) is 22.5. The van der Waals surface area contributed by atoms with Gasteiger partial charge in [0, 0.05) is 12.8 Å². The highest BCUT2D eigenvalue weighted by atomic mass is 16.4. The summed E-state index contributed by atoms with van der Waals surface area (Å²) in [6, 6.07) is 0. The zero-order valence-electron chi connectivity index (χ0n) is 12.6. The van der Waals surface area contributed by atoms with Crippen molar-refractivity contribution >= 4 is 11.8 Å². The topological polar surface area (TPSA) is 54.4 Å². The molecule has 112 valence electrons. The molecule has 3 nitrogen and oxygen atoms in total. The van der Waals surface area contributed by atoms with Crippen molar-refractivity contribution in [2.24, 2.45) is 0 Å². The van der Waals surface area contributed by atoms with Crippen LogP contribution in [0.15, 0.2) is 12.7 Å². The summed E-state index contributed by atoms with van der Waals surface area (Å²) in [6.45, 7) is 7.68. The van der Waals surface area contributed by atoms with Gasteiger partial charge < -0.3 is 5.11 Å². The Morgan fingerprint density at radius 1 is 0.895 bits per heavy atom. The van der Waals surface area contributed by atoms with Crippen LogP contribution >= 0.6 is 0 Å². The highest BCUT2D eigenvalue weighted by Crippen LogP contribution is 2.02. The van der Waals surface area contributed by atoms with Gasteiger partial charge in [-0.1, -0.05) is 59.0 Å². The van der Waals surface area contributed by atoms with Crippen LogP contribution in [0.4, 0.5) is 0 Å². The van der Waals surface area contributed by atoms with Gasteiger partial charge >= 0.3 is 5.97 Å². The lowest BCUT2D eigenvalue weighted by Gasteiger charge is -1.94. The summed E-state index contributed by atoms with van der Waals surface area (Å²) in [4.78, 5) is 20.6. The molecule has 0 atom stereocenters. The van der Waals surface area contributed by atoms with Crippen LogP contribution in [-0.4, -0.2) is 16.9 Å². The maximum atomic E-state index is 10.7. The number of carboxylic acid groups (broad SMARTS) is 1. The molecule has 0 bridgehead atoms. The van der Waals surface area contributed by atoms with Crippen LogP contribution in [0.25, 0.3) is 0 Å². The monoisotopic (exact) mass is 270 g/mol. The number of rotatable bonds is 11. The highest BCUT2D eigenvalue weighted by molar-refractivity contribution is 5.88. The van der Waals surface area contributed by atoms with Gasteiger partial charge in [-0.25, -0.2) is 0 Å². The van der Waals surface area contributed by atoms with Crippen LogP contribution in [0.1, 0.15) is 78.1 Å². The fourth-order valence-electron chi connectivity index (χ4n) is 1.53. The molecule has 0 saturated heterocycles. The second kappa shape index (κ2) is 16.9. The number of aliphatic carboxylic acids is 1. The lowest BCUT2D eigenvalue weighted by atomic mass is 10.1. The van der Waals surface area contributed by atoms with E-state index in [0.29, 0.717) is 12.8 Å². The van der Waals surface area contributed by atoms with Gasteiger partial charge in [0.1, 0.15) is 0 Å². The molecule has 1 N–H and O–H groups in total. The molecular weight excluding hydrogens is 240 g/mol. The van der Waals surface area contributed by atoms with Gasteiger partial charge in [0.25, 0.3) is 0 Å². The third-order valence-corrected chi connectivity index (χ3v) is 2.75. The molecule has 0 fully saturated rings. The molecule has 0 aliphatic carbocycles. The van der Waals surface area contributed by atoms with Crippen molar-refractivity contribution in [2.45, 2.75) is 78.1 Å². The van der Waals surface area contributed by atoms with Crippen LogP contribution in [0.2, 0.25) is 0 Å². The predicted molar refractivity (Wildman–Crippen MR) is 80.4 cm³/mol. The summed E-state index contributed by atoms with van der Waals surface area (Å²) < 4.78 is 0. The number of carboxylic acids is 1. The SMILES string of the molecule is C=CC(=O)CCCCCC.CCCCCCC(=O)O. The van der Waals surface area contributed by atoms with Crippen LogP contribution in [0, 0.1) is 0 Å². The summed E-state index contributed by atoms with van der Waals surface area (Å²) in [5.74, 6) is -0.498. The lowest BCUT2D eigenvalue weighted by molar-refractivity contribution is -0.137. The lowest BCUT2D eigenvalue weighted by Crippen LogP contribution is -1.92. The average Bonchev–Trinajstić information content (AvgIpc) is 2.40. The van der Waals surface area contributed by atoms with Crippen molar-refractivity contribution in [3.05, 3.63) is 12.7 Å². The minimum absolute atomic E-state index is 0.177. The van der Waals surface area contributed by atoms with Crippen molar-refractivity contribution in [1.82, 2.24) is 0 Å². The van der Waals surface area contributed by atoms with Gasteiger partial charge in [-0.2, -0.15) is 0 Å². The molecule has 3 heteroatoms. The van der Waals surface area contributed by atoms with Gasteiger partial charge in [0.15, 0.2) is 5.78 Å². The van der Waals surface area contributed by atoms with Gasteiger partial charge in [-0.05, 0) is 18.9 Å². The van der Waals surface area contributed by atoms with Crippen molar-refractivity contribution < 1.29 is 14.7 Å². The Balaban J connectivity index is 0. The Morgan fingerprint density at radius 3 is 1.74 bits per heavy atom. The smallest absolute Gasteiger partial charge is 0.303 e. The summed E-state index contributed by atoms with van der Waals surface area (Å²) in [5.41, 5.74) is 0. The maximum absolute atomic E-state index is 10.7. The number of unbranched alkanes of at least 4 members (excludes halogenated alkanes) is 6. The minimum atomic E-state index is -0.675. The quantitative estimate of drug-likeness (QED) is 0.435. The van der Waals surface area contributed by atoms with Crippen LogP contribution in [-0.2, 0) is 9.59 Å². The summed E-state index contributed by atoms with van der Waals surface area (Å²) in [5, 5.41) is 8.21. The second-order valence-electron chi connectivity index (χ2n) is 4.69. The first kappa shape index (κ1) is 20.2. The van der Waals surface area contributed by atoms with Crippen LogP contribution in [0.3, 0.4) is 0 Å². The number of hydrogen-bond donors (Lipinski definition) is 1. The zero-order chi connectivity index (χ0) is 14.9. The van der Waals surface area contributed by atoms with E-state index in [1.165, 1.54) is 31.8 Å². The molecule has 0 amide bonds. The average molecular weight is 270 g/mol. The standard InChI is InChI=1S/C9H16O.C7H14O2/c1-3-5-6-7-8-9(10)4-2;1-2-3-4-5-6-7(8)9/h4H,2-3,5-8H2,1H3;2-6H2,1H3,(H,8,9). The molecule has 0 aliphatic rings. The first-order chi connectivity index (χ1) is 9.08. The Bertz CT molecular complexity index is 234. The van der Waals surface area contributed by atoms with Crippen molar-refractivity contribution in [3.8, 4) is 0 Å². The van der Waals surface area contributed by atoms with Gasteiger partial charge in [-0.3, -0.25) is 9.59 Å². The molecular formula is C16H30O3. The molecule has 0 saturated carbocycles. The Morgan fingerprint density at radius 2 is 1.37 bits per heavy atom. The molecule has 0 heterocycles. The van der Waals surface area contributed by atoms with E-state index in [1.54, 1.807) is 0 Å². The number of carbonyl (C=O) groups excluding carboxylic acids is 1. The number of ketones is 1. The number of hydrogen-bond acceptors (Lipinski definition) is 2. The van der Waals surface area contributed by atoms with E-state index in [4.69, 9.17) is 5.11 Å². The maximum Gasteiger partial charge on any atom is 0.303 e. The van der Waals surface area contributed by atoms with Crippen molar-refractivity contribution in [3.63, 3.8) is 0 Å². The molecule has 0 aliphatic heterocycles. The fraction of sp³-hybridized carbons (Fsp3) is 0.750.